The fraction of sp³-hybridized carbons (Fsp3) is 0.238. The summed E-state index contributed by atoms with van der Waals surface area (Å²) in [5.74, 6) is -2.27. The molecular weight excluding hydrogens is 366 g/mol. The van der Waals surface area contributed by atoms with E-state index < -0.39 is 17.6 Å². The lowest BCUT2D eigenvalue weighted by Gasteiger charge is -2.18. The second-order valence-corrected chi connectivity index (χ2v) is 6.59. The molecule has 1 heterocycles. The van der Waals surface area contributed by atoms with Crippen molar-refractivity contribution in [1.82, 2.24) is 9.78 Å². The van der Waals surface area contributed by atoms with E-state index in [0.29, 0.717) is 0 Å². The van der Waals surface area contributed by atoms with Crippen LogP contribution in [0.15, 0.2) is 48.7 Å². The van der Waals surface area contributed by atoms with E-state index >= 15 is 0 Å². The Kier molecular flexibility index (Phi) is 4.81. The fourth-order valence-corrected chi connectivity index (χ4v) is 3.37. The third kappa shape index (κ3) is 3.35. The summed E-state index contributed by atoms with van der Waals surface area (Å²) >= 11 is 0. The van der Waals surface area contributed by atoms with Crippen LogP contribution >= 0.6 is 0 Å². The molecule has 0 radical (unpaired) electrons. The Bertz CT molecular complexity index is 1070. The zero-order chi connectivity index (χ0) is 19.7. The maximum atomic E-state index is 14.0. The first-order valence-electron chi connectivity index (χ1n) is 8.96. The summed E-state index contributed by atoms with van der Waals surface area (Å²) in [4.78, 5) is 12.3. The summed E-state index contributed by atoms with van der Waals surface area (Å²) < 4.78 is 39.5. The minimum atomic E-state index is -0.862. The molecule has 3 aromatic rings. The summed E-state index contributed by atoms with van der Waals surface area (Å²) in [5, 5.41) is 5.20. The number of methoxy groups -OCH3 is 1. The first-order chi connectivity index (χ1) is 13.6. The quantitative estimate of drug-likeness (QED) is 0.460. The van der Waals surface area contributed by atoms with Gasteiger partial charge in [-0.25, -0.2) is 13.6 Å². The molecular formula is C21H18F2N2O3. The standard InChI is InChI=1S/C21H18F2N2O3/c1-27-21(26)16-11-18-13(12-24-25(18)15-5-3-2-4-6-15)9-20(16)28-19-8-7-14(22)10-17(19)23/h3,5,7-12,15H,2,4,6H2,1H3. The normalized spacial score (nSPS) is 16.3. The van der Waals surface area contributed by atoms with Gasteiger partial charge in [0.1, 0.15) is 17.1 Å². The average molecular weight is 384 g/mol. The third-order valence-corrected chi connectivity index (χ3v) is 4.76. The van der Waals surface area contributed by atoms with Crippen LogP contribution < -0.4 is 4.74 Å². The molecule has 0 fully saturated rings. The summed E-state index contributed by atoms with van der Waals surface area (Å²) in [6, 6.07) is 6.33. The van der Waals surface area contributed by atoms with Gasteiger partial charge in [0.05, 0.1) is 24.9 Å². The summed E-state index contributed by atoms with van der Waals surface area (Å²) in [7, 11) is 1.26. The molecule has 0 bridgehead atoms. The highest BCUT2D eigenvalue weighted by molar-refractivity contribution is 5.98. The number of fused-ring (bicyclic) bond motifs is 1. The van der Waals surface area contributed by atoms with Gasteiger partial charge >= 0.3 is 5.97 Å². The lowest BCUT2D eigenvalue weighted by Crippen LogP contribution is -2.11. The number of hydrogen-bond acceptors (Lipinski definition) is 4. The molecule has 144 valence electrons. The van der Waals surface area contributed by atoms with Crippen molar-refractivity contribution in [3.63, 3.8) is 0 Å². The number of halogens is 2. The van der Waals surface area contributed by atoms with Crippen LogP contribution in [0.25, 0.3) is 10.9 Å². The van der Waals surface area contributed by atoms with E-state index in [4.69, 9.17) is 9.47 Å². The van der Waals surface area contributed by atoms with Gasteiger partial charge in [0.2, 0.25) is 0 Å². The molecule has 28 heavy (non-hydrogen) atoms. The molecule has 1 aliphatic carbocycles. The molecule has 0 amide bonds. The summed E-state index contributed by atoms with van der Waals surface area (Å²) in [6.45, 7) is 0. The number of carbonyl (C=O) groups excluding carboxylic acids is 1. The van der Waals surface area contributed by atoms with Gasteiger partial charge in [-0.2, -0.15) is 5.10 Å². The number of ether oxygens (including phenoxy) is 2. The Hall–Kier alpha value is -3.22. The second-order valence-electron chi connectivity index (χ2n) is 6.59. The van der Waals surface area contributed by atoms with Crippen molar-refractivity contribution in [2.45, 2.75) is 25.3 Å². The Morgan fingerprint density at radius 2 is 2.07 bits per heavy atom. The van der Waals surface area contributed by atoms with Gasteiger partial charge in [0.15, 0.2) is 11.6 Å². The molecule has 1 unspecified atom stereocenters. The lowest BCUT2D eigenvalue weighted by molar-refractivity contribution is 0.0598. The molecule has 0 saturated carbocycles. The minimum absolute atomic E-state index is 0.109. The van der Waals surface area contributed by atoms with Crippen LogP contribution in [-0.4, -0.2) is 22.9 Å². The zero-order valence-electron chi connectivity index (χ0n) is 15.2. The Balaban J connectivity index is 1.80. The minimum Gasteiger partial charge on any atom is -0.465 e. The predicted molar refractivity (Wildman–Crippen MR) is 99.5 cm³/mol. The van der Waals surface area contributed by atoms with Gasteiger partial charge in [-0.05, 0) is 43.5 Å². The number of allylic oxidation sites excluding steroid dienone is 2. The lowest BCUT2D eigenvalue weighted by atomic mass is 10.0. The van der Waals surface area contributed by atoms with Gasteiger partial charge in [-0.15, -0.1) is 0 Å². The SMILES string of the molecule is COC(=O)c1cc2c(cnn2C2C=CCCC2)cc1Oc1ccc(F)cc1F. The van der Waals surface area contributed by atoms with E-state index in [9.17, 15) is 13.6 Å². The molecule has 2 aromatic carbocycles. The molecule has 5 nitrogen and oxygen atoms in total. The van der Waals surface area contributed by atoms with Gasteiger partial charge < -0.3 is 9.47 Å². The van der Waals surface area contributed by atoms with Gasteiger partial charge in [-0.1, -0.05) is 12.2 Å². The highest BCUT2D eigenvalue weighted by Crippen LogP contribution is 2.34. The van der Waals surface area contributed by atoms with Crippen LogP contribution in [0.5, 0.6) is 11.5 Å². The molecule has 0 saturated heterocycles. The maximum Gasteiger partial charge on any atom is 0.341 e. The van der Waals surface area contributed by atoms with Crippen LogP contribution in [0.4, 0.5) is 8.78 Å². The molecule has 1 atom stereocenters. The van der Waals surface area contributed by atoms with Crippen molar-refractivity contribution in [2.24, 2.45) is 0 Å². The van der Waals surface area contributed by atoms with Crippen LogP contribution in [0, 0.1) is 11.6 Å². The molecule has 0 spiro atoms. The highest BCUT2D eigenvalue weighted by Gasteiger charge is 2.21. The van der Waals surface area contributed by atoms with Crippen LogP contribution in [-0.2, 0) is 4.74 Å². The Labute approximate surface area is 160 Å². The largest absolute Gasteiger partial charge is 0.465 e. The number of hydrogen-bond donors (Lipinski definition) is 0. The van der Waals surface area contributed by atoms with Crippen molar-refractivity contribution >= 4 is 16.9 Å². The van der Waals surface area contributed by atoms with Crippen LogP contribution in [0.3, 0.4) is 0 Å². The summed E-state index contributed by atoms with van der Waals surface area (Å²) in [5.41, 5.74) is 0.893. The van der Waals surface area contributed by atoms with Gasteiger partial charge in [0.25, 0.3) is 0 Å². The number of esters is 1. The topological polar surface area (TPSA) is 53.3 Å². The number of rotatable bonds is 4. The maximum absolute atomic E-state index is 14.0. The van der Waals surface area contributed by atoms with E-state index in [1.54, 1.807) is 18.3 Å². The first-order valence-corrected chi connectivity index (χ1v) is 8.96. The van der Waals surface area contributed by atoms with Crippen LogP contribution in [0.2, 0.25) is 0 Å². The number of carbonyl (C=O) groups is 1. The van der Waals surface area contributed by atoms with Crippen molar-refractivity contribution in [3.05, 3.63) is 65.9 Å². The van der Waals surface area contributed by atoms with Crippen molar-refractivity contribution in [3.8, 4) is 11.5 Å². The molecule has 4 rings (SSSR count). The smallest absolute Gasteiger partial charge is 0.341 e. The average Bonchev–Trinajstić information content (AvgIpc) is 3.12. The molecule has 1 aliphatic rings. The van der Waals surface area contributed by atoms with E-state index in [-0.39, 0.29) is 23.1 Å². The predicted octanol–water partition coefficient (Wildman–Crippen LogP) is 5.17. The van der Waals surface area contributed by atoms with E-state index in [2.05, 4.69) is 17.3 Å². The molecule has 7 heteroatoms. The van der Waals surface area contributed by atoms with E-state index in [1.165, 1.54) is 13.2 Å². The third-order valence-electron chi connectivity index (χ3n) is 4.76. The van der Waals surface area contributed by atoms with Crippen molar-refractivity contribution in [1.29, 1.82) is 0 Å². The van der Waals surface area contributed by atoms with Gasteiger partial charge in [0, 0.05) is 11.5 Å². The fourth-order valence-electron chi connectivity index (χ4n) is 3.37. The van der Waals surface area contributed by atoms with Crippen molar-refractivity contribution in [2.75, 3.05) is 7.11 Å². The summed E-state index contributed by atoms with van der Waals surface area (Å²) in [6.07, 6.45) is 8.97. The van der Waals surface area contributed by atoms with E-state index in [0.717, 1.165) is 42.3 Å². The molecule has 1 aromatic heterocycles. The zero-order valence-corrected chi connectivity index (χ0v) is 15.2. The van der Waals surface area contributed by atoms with Gasteiger partial charge in [-0.3, -0.25) is 4.68 Å². The number of nitrogens with zero attached hydrogens (tertiary/aromatic N) is 2. The van der Waals surface area contributed by atoms with Crippen LogP contribution in [0.1, 0.15) is 35.7 Å². The Morgan fingerprint density at radius 1 is 1.21 bits per heavy atom. The monoisotopic (exact) mass is 384 g/mol. The van der Waals surface area contributed by atoms with E-state index in [1.807, 2.05) is 4.68 Å². The van der Waals surface area contributed by atoms with Crippen molar-refractivity contribution < 1.29 is 23.0 Å². The second kappa shape index (κ2) is 7.42. The number of benzene rings is 2. The molecule has 0 aliphatic heterocycles. The Morgan fingerprint density at radius 3 is 2.79 bits per heavy atom. The molecule has 0 N–H and O–H groups in total. The number of aromatic nitrogens is 2. The first kappa shape index (κ1) is 18.2. The highest BCUT2D eigenvalue weighted by atomic mass is 19.1.